The molecule has 1 heterocycles. The molecule has 0 aliphatic rings. The van der Waals surface area contributed by atoms with Crippen molar-refractivity contribution in [1.82, 2.24) is 10.3 Å². The van der Waals surface area contributed by atoms with Crippen molar-refractivity contribution >= 4 is 0 Å². The zero-order valence-electron chi connectivity index (χ0n) is 13.2. The molecule has 0 aliphatic heterocycles. The Kier molecular flexibility index (Phi) is 4.53. The van der Waals surface area contributed by atoms with E-state index in [2.05, 4.69) is 31.1 Å². The predicted molar refractivity (Wildman–Crippen MR) is 81.6 cm³/mol. The molecule has 1 N–H and O–H groups in total. The monoisotopic (exact) mass is 290 g/mol. The summed E-state index contributed by atoms with van der Waals surface area (Å²) in [5, 5.41) is 3.34. The van der Waals surface area contributed by atoms with Crippen LogP contribution in [0.4, 0.5) is 0 Å². The van der Waals surface area contributed by atoms with E-state index in [0.717, 1.165) is 5.56 Å². The van der Waals surface area contributed by atoms with Gasteiger partial charge in [-0.3, -0.25) is 0 Å². The predicted octanol–water partition coefficient (Wildman–Crippen LogP) is 3.25. The summed E-state index contributed by atoms with van der Waals surface area (Å²) in [6, 6.07) is 5.66. The van der Waals surface area contributed by atoms with Crippen molar-refractivity contribution in [2.45, 2.75) is 32.9 Å². The van der Waals surface area contributed by atoms with Crippen LogP contribution in [0.15, 0.2) is 28.8 Å². The quantitative estimate of drug-likeness (QED) is 0.916. The van der Waals surface area contributed by atoms with Crippen molar-refractivity contribution in [3.8, 4) is 22.8 Å². The third-order valence-electron chi connectivity index (χ3n) is 2.99. The highest BCUT2D eigenvalue weighted by molar-refractivity contribution is 5.69. The zero-order chi connectivity index (χ0) is 15.5. The van der Waals surface area contributed by atoms with Gasteiger partial charge >= 0.3 is 0 Å². The number of hydrogen-bond acceptors (Lipinski definition) is 5. The maximum absolute atomic E-state index is 5.80. The lowest BCUT2D eigenvalue weighted by Crippen LogP contribution is -2.35. The van der Waals surface area contributed by atoms with Crippen LogP contribution in [0.1, 0.15) is 26.7 Å². The van der Waals surface area contributed by atoms with Gasteiger partial charge < -0.3 is 19.2 Å². The average Bonchev–Trinajstić information content (AvgIpc) is 2.92. The Morgan fingerprint density at radius 1 is 1.19 bits per heavy atom. The number of ether oxygens (including phenoxy) is 2. The standard InChI is InChI=1S/C16H22N2O3/c1-16(2,3)18-10-14-17-9-13(21-14)11-7-6-8-12(19-4)15(11)20-5/h6-9,18H,10H2,1-5H3. The molecule has 0 fully saturated rings. The molecular formula is C16H22N2O3. The van der Waals surface area contributed by atoms with Gasteiger partial charge in [0.2, 0.25) is 5.89 Å². The SMILES string of the molecule is COc1cccc(-c2cnc(CNC(C)(C)C)o2)c1OC. The van der Waals surface area contributed by atoms with E-state index < -0.39 is 0 Å². The number of para-hydroxylation sites is 1. The molecule has 2 rings (SSSR count). The van der Waals surface area contributed by atoms with Crippen LogP contribution in [0.5, 0.6) is 11.5 Å². The molecule has 0 saturated heterocycles. The Labute approximate surface area is 125 Å². The van der Waals surface area contributed by atoms with Crippen LogP contribution in [0.3, 0.4) is 0 Å². The second-order valence-electron chi connectivity index (χ2n) is 5.76. The number of hydrogen-bond donors (Lipinski definition) is 1. The largest absolute Gasteiger partial charge is 0.493 e. The first-order valence-corrected chi connectivity index (χ1v) is 6.85. The Morgan fingerprint density at radius 2 is 1.95 bits per heavy atom. The number of nitrogens with zero attached hydrogens (tertiary/aromatic N) is 1. The van der Waals surface area contributed by atoms with E-state index in [-0.39, 0.29) is 5.54 Å². The highest BCUT2D eigenvalue weighted by atomic mass is 16.5. The first-order valence-electron chi connectivity index (χ1n) is 6.85. The van der Waals surface area contributed by atoms with Gasteiger partial charge in [-0.25, -0.2) is 4.98 Å². The lowest BCUT2D eigenvalue weighted by atomic mass is 10.1. The van der Waals surface area contributed by atoms with E-state index in [1.54, 1.807) is 20.4 Å². The van der Waals surface area contributed by atoms with Crippen LogP contribution in [0.2, 0.25) is 0 Å². The van der Waals surface area contributed by atoms with Gasteiger partial charge in [0.15, 0.2) is 17.3 Å². The summed E-state index contributed by atoms with van der Waals surface area (Å²) in [7, 11) is 3.22. The molecule has 1 aromatic heterocycles. The van der Waals surface area contributed by atoms with Crippen LogP contribution in [0.25, 0.3) is 11.3 Å². The number of nitrogens with one attached hydrogen (secondary N) is 1. The molecule has 0 atom stereocenters. The second-order valence-corrected chi connectivity index (χ2v) is 5.76. The molecule has 0 unspecified atom stereocenters. The number of benzene rings is 1. The summed E-state index contributed by atoms with van der Waals surface area (Å²) in [5.41, 5.74) is 0.841. The number of rotatable bonds is 5. The van der Waals surface area contributed by atoms with Crippen molar-refractivity contribution in [1.29, 1.82) is 0 Å². The van der Waals surface area contributed by atoms with Crippen LogP contribution in [-0.2, 0) is 6.54 Å². The number of aromatic nitrogens is 1. The molecular weight excluding hydrogens is 268 g/mol. The molecule has 0 spiro atoms. The topological polar surface area (TPSA) is 56.5 Å². The lowest BCUT2D eigenvalue weighted by molar-refractivity contribution is 0.354. The minimum absolute atomic E-state index is 0.0162. The summed E-state index contributed by atoms with van der Waals surface area (Å²) in [5.74, 6) is 2.62. The van der Waals surface area contributed by atoms with Gasteiger partial charge in [0, 0.05) is 5.54 Å². The molecule has 21 heavy (non-hydrogen) atoms. The molecule has 0 radical (unpaired) electrons. The second kappa shape index (κ2) is 6.18. The molecule has 1 aromatic carbocycles. The van der Waals surface area contributed by atoms with Gasteiger partial charge in [-0.2, -0.15) is 0 Å². The van der Waals surface area contributed by atoms with E-state index in [1.165, 1.54) is 0 Å². The van der Waals surface area contributed by atoms with Gasteiger partial charge in [-0.1, -0.05) is 6.07 Å². The molecule has 2 aromatic rings. The molecule has 114 valence electrons. The Hall–Kier alpha value is -2.01. The summed E-state index contributed by atoms with van der Waals surface area (Å²) in [6.45, 7) is 6.88. The minimum Gasteiger partial charge on any atom is -0.493 e. The number of oxazole rings is 1. The maximum atomic E-state index is 5.80. The van der Waals surface area contributed by atoms with E-state index in [1.807, 2.05) is 18.2 Å². The highest BCUT2D eigenvalue weighted by Gasteiger charge is 2.16. The van der Waals surface area contributed by atoms with Crippen LogP contribution in [-0.4, -0.2) is 24.7 Å². The Bertz CT molecular complexity index is 600. The van der Waals surface area contributed by atoms with Gasteiger partial charge in [0.05, 0.1) is 32.5 Å². The van der Waals surface area contributed by atoms with Gasteiger partial charge in [-0.05, 0) is 32.9 Å². The van der Waals surface area contributed by atoms with Crippen LogP contribution >= 0.6 is 0 Å². The normalized spacial score (nSPS) is 11.5. The Balaban J connectivity index is 2.25. The van der Waals surface area contributed by atoms with Gasteiger partial charge in [0.25, 0.3) is 0 Å². The lowest BCUT2D eigenvalue weighted by Gasteiger charge is -2.18. The third-order valence-corrected chi connectivity index (χ3v) is 2.99. The van der Waals surface area contributed by atoms with E-state index in [9.17, 15) is 0 Å². The van der Waals surface area contributed by atoms with Crippen LogP contribution in [0, 0.1) is 0 Å². The summed E-state index contributed by atoms with van der Waals surface area (Å²) < 4.78 is 16.5. The average molecular weight is 290 g/mol. The Morgan fingerprint density at radius 3 is 2.57 bits per heavy atom. The van der Waals surface area contributed by atoms with Crippen molar-refractivity contribution < 1.29 is 13.9 Å². The fraction of sp³-hybridized carbons (Fsp3) is 0.438. The maximum Gasteiger partial charge on any atom is 0.208 e. The fourth-order valence-corrected chi connectivity index (χ4v) is 1.94. The third kappa shape index (κ3) is 3.76. The zero-order valence-corrected chi connectivity index (χ0v) is 13.2. The molecule has 5 heteroatoms. The van der Waals surface area contributed by atoms with Crippen LogP contribution < -0.4 is 14.8 Å². The molecule has 5 nitrogen and oxygen atoms in total. The van der Waals surface area contributed by atoms with E-state index >= 15 is 0 Å². The van der Waals surface area contributed by atoms with Crippen molar-refractivity contribution in [3.05, 3.63) is 30.3 Å². The fourth-order valence-electron chi connectivity index (χ4n) is 1.94. The minimum atomic E-state index is 0.0162. The summed E-state index contributed by atoms with van der Waals surface area (Å²) >= 11 is 0. The van der Waals surface area contributed by atoms with Crippen molar-refractivity contribution in [2.75, 3.05) is 14.2 Å². The van der Waals surface area contributed by atoms with Crippen molar-refractivity contribution in [2.24, 2.45) is 0 Å². The highest BCUT2D eigenvalue weighted by Crippen LogP contribution is 2.37. The van der Waals surface area contributed by atoms with E-state index in [0.29, 0.717) is 29.7 Å². The number of methoxy groups -OCH3 is 2. The van der Waals surface area contributed by atoms with Crippen molar-refractivity contribution in [3.63, 3.8) is 0 Å². The summed E-state index contributed by atoms with van der Waals surface area (Å²) in [4.78, 5) is 4.30. The van der Waals surface area contributed by atoms with Gasteiger partial charge in [0.1, 0.15) is 0 Å². The first-order chi connectivity index (χ1) is 9.94. The molecule has 0 saturated carbocycles. The van der Waals surface area contributed by atoms with Gasteiger partial charge in [-0.15, -0.1) is 0 Å². The van der Waals surface area contributed by atoms with E-state index in [4.69, 9.17) is 13.9 Å². The molecule has 0 bridgehead atoms. The summed E-state index contributed by atoms with van der Waals surface area (Å²) in [6.07, 6.45) is 1.71. The first kappa shape index (κ1) is 15.4. The smallest absolute Gasteiger partial charge is 0.208 e. The molecule has 0 aliphatic carbocycles. The molecule has 0 amide bonds.